The summed E-state index contributed by atoms with van der Waals surface area (Å²) in [6.45, 7) is 2.35. The lowest BCUT2D eigenvalue weighted by atomic mass is 10.1. The molecule has 2 rings (SSSR count). The van der Waals surface area contributed by atoms with Crippen molar-refractivity contribution in [3.8, 4) is 5.75 Å². The van der Waals surface area contributed by atoms with Gasteiger partial charge in [0.05, 0.1) is 12.7 Å². The molecule has 0 fully saturated rings. The summed E-state index contributed by atoms with van der Waals surface area (Å²) in [6.07, 6.45) is -0.577. The fraction of sp³-hybridized carbons (Fsp3) is 0.250. The first-order valence-corrected chi connectivity index (χ1v) is 7.18. The molecule has 2 aromatic carbocycles. The van der Waals surface area contributed by atoms with Crippen molar-refractivity contribution in [2.75, 3.05) is 6.79 Å². The highest BCUT2D eigenvalue weighted by molar-refractivity contribution is 9.10. The summed E-state index contributed by atoms with van der Waals surface area (Å²) in [5.41, 5.74) is 1.85. The molecule has 106 valence electrons. The van der Waals surface area contributed by atoms with Crippen LogP contribution in [0.2, 0.25) is 0 Å². The van der Waals surface area contributed by atoms with Gasteiger partial charge in [-0.25, -0.2) is 0 Å². The number of aliphatic hydroxyl groups is 1. The van der Waals surface area contributed by atoms with E-state index in [1.807, 2.05) is 48.5 Å². The van der Waals surface area contributed by atoms with E-state index in [4.69, 9.17) is 9.47 Å². The molecule has 0 bridgehead atoms. The molecule has 2 aromatic rings. The first-order valence-electron chi connectivity index (χ1n) is 6.39. The van der Waals surface area contributed by atoms with Crippen LogP contribution in [0.1, 0.15) is 24.2 Å². The van der Waals surface area contributed by atoms with Gasteiger partial charge >= 0.3 is 0 Å². The van der Waals surface area contributed by atoms with E-state index in [0.717, 1.165) is 15.6 Å². The fourth-order valence-corrected chi connectivity index (χ4v) is 2.16. The van der Waals surface area contributed by atoms with Crippen molar-refractivity contribution in [2.45, 2.75) is 19.6 Å². The highest BCUT2D eigenvalue weighted by Gasteiger charge is 2.09. The van der Waals surface area contributed by atoms with Crippen LogP contribution >= 0.6 is 15.9 Å². The number of hydrogen-bond donors (Lipinski definition) is 1. The zero-order valence-electron chi connectivity index (χ0n) is 11.3. The minimum absolute atomic E-state index is 0.144. The van der Waals surface area contributed by atoms with E-state index < -0.39 is 6.10 Å². The Hall–Kier alpha value is -1.36. The maximum atomic E-state index is 9.69. The van der Waals surface area contributed by atoms with Gasteiger partial charge in [0.2, 0.25) is 0 Å². The molecule has 0 radical (unpaired) electrons. The molecule has 1 N–H and O–H groups in total. The van der Waals surface area contributed by atoms with Crippen LogP contribution < -0.4 is 4.74 Å². The predicted molar refractivity (Wildman–Crippen MR) is 81.5 cm³/mol. The Labute approximate surface area is 127 Å². The quantitative estimate of drug-likeness (QED) is 0.638. The number of halogens is 1. The van der Waals surface area contributed by atoms with Gasteiger partial charge in [-0.1, -0.05) is 52.3 Å². The lowest BCUT2D eigenvalue weighted by Crippen LogP contribution is -2.06. The average Bonchev–Trinajstić information content (AvgIpc) is 2.44. The maximum absolute atomic E-state index is 9.69. The number of benzene rings is 2. The van der Waals surface area contributed by atoms with Crippen LogP contribution in [0.25, 0.3) is 0 Å². The minimum atomic E-state index is -0.577. The smallest absolute Gasteiger partial charge is 0.189 e. The van der Waals surface area contributed by atoms with E-state index in [9.17, 15) is 5.11 Å². The van der Waals surface area contributed by atoms with Crippen LogP contribution in [-0.4, -0.2) is 11.9 Å². The highest BCUT2D eigenvalue weighted by atomic mass is 79.9. The third-order valence-electron chi connectivity index (χ3n) is 2.84. The van der Waals surface area contributed by atoms with E-state index in [1.54, 1.807) is 6.92 Å². The van der Waals surface area contributed by atoms with Gasteiger partial charge in [-0.2, -0.15) is 0 Å². The van der Waals surface area contributed by atoms with E-state index in [0.29, 0.717) is 12.4 Å². The van der Waals surface area contributed by atoms with Gasteiger partial charge < -0.3 is 14.6 Å². The van der Waals surface area contributed by atoms with Gasteiger partial charge in [-0.3, -0.25) is 0 Å². The van der Waals surface area contributed by atoms with E-state index >= 15 is 0 Å². The molecular weight excluding hydrogens is 320 g/mol. The second kappa shape index (κ2) is 7.43. The van der Waals surface area contributed by atoms with Crippen molar-refractivity contribution in [2.24, 2.45) is 0 Å². The molecule has 20 heavy (non-hydrogen) atoms. The molecular formula is C16H17BrO3. The van der Waals surface area contributed by atoms with Crippen molar-refractivity contribution < 1.29 is 14.6 Å². The lowest BCUT2D eigenvalue weighted by molar-refractivity contribution is 0.00339. The molecule has 0 aliphatic rings. The number of ether oxygens (including phenoxy) is 2. The molecule has 0 saturated carbocycles. The van der Waals surface area contributed by atoms with E-state index in [-0.39, 0.29) is 6.79 Å². The van der Waals surface area contributed by atoms with Crippen molar-refractivity contribution >= 4 is 15.9 Å². The van der Waals surface area contributed by atoms with Crippen LogP contribution in [0.15, 0.2) is 53.0 Å². The Bertz CT molecular complexity index is 541. The Morgan fingerprint density at radius 3 is 2.60 bits per heavy atom. The zero-order valence-corrected chi connectivity index (χ0v) is 12.8. The van der Waals surface area contributed by atoms with E-state index in [2.05, 4.69) is 15.9 Å². The maximum Gasteiger partial charge on any atom is 0.189 e. The zero-order chi connectivity index (χ0) is 14.4. The second-order valence-electron chi connectivity index (χ2n) is 4.45. The third-order valence-corrected chi connectivity index (χ3v) is 3.33. The summed E-state index contributed by atoms with van der Waals surface area (Å²) < 4.78 is 12.0. The number of hydrogen-bond acceptors (Lipinski definition) is 3. The average molecular weight is 337 g/mol. The predicted octanol–water partition coefficient (Wildman–Crippen LogP) is 4.06. The molecule has 0 spiro atoms. The normalized spacial score (nSPS) is 12.2. The standard InChI is InChI=1S/C16H17BrO3/c1-12(18)15-8-7-14(17)9-16(15)20-11-19-10-13-5-3-2-4-6-13/h2-9,12,18H,10-11H2,1H3/t12-/m1/s1. The summed E-state index contributed by atoms with van der Waals surface area (Å²) in [4.78, 5) is 0. The lowest BCUT2D eigenvalue weighted by Gasteiger charge is -2.14. The number of aliphatic hydroxyl groups excluding tert-OH is 1. The van der Waals surface area contributed by atoms with Crippen molar-refractivity contribution in [1.82, 2.24) is 0 Å². The minimum Gasteiger partial charge on any atom is -0.467 e. The molecule has 4 heteroatoms. The van der Waals surface area contributed by atoms with Gasteiger partial charge in [0.1, 0.15) is 5.75 Å². The topological polar surface area (TPSA) is 38.7 Å². The molecule has 0 unspecified atom stereocenters. The van der Waals surface area contributed by atoms with Crippen LogP contribution in [0.5, 0.6) is 5.75 Å². The highest BCUT2D eigenvalue weighted by Crippen LogP contribution is 2.28. The Balaban J connectivity index is 1.89. The van der Waals surface area contributed by atoms with Crippen LogP contribution in [0, 0.1) is 0 Å². The molecule has 0 heterocycles. The Kier molecular flexibility index (Phi) is 5.59. The van der Waals surface area contributed by atoms with Crippen LogP contribution in [0.3, 0.4) is 0 Å². The third kappa shape index (κ3) is 4.34. The van der Waals surface area contributed by atoms with Gasteiger partial charge in [0.25, 0.3) is 0 Å². The van der Waals surface area contributed by atoms with Crippen molar-refractivity contribution in [3.63, 3.8) is 0 Å². The number of rotatable bonds is 6. The largest absolute Gasteiger partial charge is 0.467 e. The SMILES string of the molecule is C[C@@H](O)c1ccc(Br)cc1OCOCc1ccccc1. The van der Waals surface area contributed by atoms with Gasteiger partial charge in [-0.05, 0) is 24.6 Å². The fourth-order valence-electron chi connectivity index (χ4n) is 1.82. The molecule has 0 amide bonds. The van der Waals surface area contributed by atoms with E-state index in [1.165, 1.54) is 0 Å². The van der Waals surface area contributed by atoms with Crippen LogP contribution in [-0.2, 0) is 11.3 Å². The molecule has 3 nitrogen and oxygen atoms in total. The van der Waals surface area contributed by atoms with Gasteiger partial charge in [0.15, 0.2) is 6.79 Å². The van der Waals surface area contributed by atoms with Crippen molar-refractivity contribution in [3.05, 3.63) is 64.1 Å². The molecule has 0 aliphatic heterocycles. The Morgan fingerprint density at radius 2 is 1.90 bits per heavy atom. The molecule has 1 atom stereocenters. The monoisotopic (exact) mass is 336 g/mol. The summed E-state index contributed by atoms with van der Waals surface area (Å²) in [6, 6.07) is 15.4. The summed E-state index contributed by atoms with van der Waals surface area (Å²) in [5.74, 6) is 0.627. The van der Waals surface area contributed by atoms with Crippen LogP contribution in [0.4, 0.5) is 0 Å². The molecule has 0 saturated heterocycles. The second-order valence-corrected chi connectivity index (χ2v) is 5.37. The van der Waals surface area contributed by atoms with Gasteiger partial charge in [0, 0.05) is 10.0 Å². The summed E-state index contributed by atoms with van der Waals surface area (Å²) in [7, 11) is 0. The first-order chi connectivity index (χ1) is 9.66. The van der Waals surface area contributed by atoms with Crippen molar-refractivity contribution in [1.29, 1.82) is 0 Å². The Morgan fingerprint density at radius 1 is 1.15 bits per heavy atom. The molecule has 0 aromatic heterocycles. The summed E-state index contributed by atoms with van der Waals surface area (Å²) >= 11 is 3.39. The molecule has 0 aliphatic carbocycles. The first kappa shape index (κ1) is 15.0. The van der Waals surface area contributed by atoms with Gasteiger partial charge in [-0.15, -0.1) is 0 Å². The summed E-state index contributed by atoms with van der Waals surface area (Å²) in [5, 5.41) is 9.69.